The fraction of sp³-hybridized carbons (Fsp3) is 1.00. The Kier molecular flexibility index (Phi) is 4.72. The summed E-state index contributed by atoms with van der Waals surface area (Å²) in [4.78, 5) is 0. The first-order valence-electron chi connectivity index (χ1n) is 3.49. The lowest BCUT2D eigenvalue weighted by Crippen LogP contribution is -2.35. The Morgan fingerprint density at radius 2 is 2.00 bits per heavy atom. The van der Waals surface area contributed by atoms with Gasteiger partial charge in [0.1, 0.15) is 6.23 Å². The summed E-state index contributed by atoms with van der Waals surface area (Å²) < 4.78 is 5.10. The highest BCUT2D eigenvalue weighted by atomic mass is 16.5. The first kappa shape index (κ1) is 8.92. The van der Waals surface area contributed by atoms with E-state index in [-0.39, 0.29) is 6.23 Å². The van der Waals surface area contributed by atoms with Gasteiger partial charge in [0.2, 0.25) is 0 Å². The molecule has 0 saturated heterocycles. The molecule has 1 atom stereocenters. The standard InChI is InChI=1S/C7H17NO/c1-5-7(9-4)8-6(2)3/h6-8H,5H2,1-4H3. The maximum atomic E-state index is 5.10. The number of hydrogen-bond acceptors (Lipinski definition) is 2. The van der Waals surface area contributed by atoms with Crippen LogP contribution in [0.1, 0.15) is 27.2 Å². The van der Waals surface area contributed by atoms with Crippen molar-refractivity contribution < 1.29 is 4.74 Å². The van der Waals surface area contributed by atoms with E-state index in [4.69, 9.17) is 4.74 Å². The van der Waals surface area contributed by atoms with E-state index >= 15 is 0 Å². The molecule has 0 saturated carbocycles. The van der Waals surface area contributed by atoms with Crippen LogP contribution in [0.5, 0.6) is 0 Å². The smallest absolute Gasteiger partial charge is 0.107 e. The van der Waals surface area contributed by atoms with Crippen LogP contribution in [0.2, 0.25) is 0 Å². The molecule has 0 aromatic rings. The van der Waals surface area contributed by atoms with Crippen molar-refractivity contribution in [3.05, 3.63) is 0 Å². The first-order valence-corrected chi connectivity index (χ1v) is 3.49. The second-order valence-electron chi connectivity index (χ2n) is 2.45. The Morgan fingerprint density at radius 1 is 1.44 bits per heavy atom. The third-order valence-corrected chi connectivity index (χ3v) is 1.17. The van der Waals surface area contributed by atoms with Gasteiger partial charge >= 0.3 is 0 Å². The lowest BCUT2D eigenvalue weighted by molar-refractivity contribution is 0.0639. The molecule has 0 aromatic carbocycles. The predicted octanol–water partition coefficient (Wildman–Crippen LogP) is 1.37. The molecule has 1 N–H and O–H groups in total. The summed E-state index contributed by atoms with van der Waals surface area (Å²) in [6.07, 6.45) is 1.25. The molecular formula is C7H17NO. The Bertz CT molecular complexity index is 59.9. The minimum Gasteiger partial charge on any atom is -0.367 e. The van der Waals surface area contributed by atoms with Crippen LogP contribution in [0, 0.1) is 0 Å². The van der Waals surface area contributed by atoms with Gasteiger partial charge in [-0.1, -0.05) is 6.92 Å². The lowest BCUT2D eigenvalue weighted by Gasteiger charge is -2.17. The van der Waals surface area contributed by atoms with E-state index in [1.165, 1.54) is 0 Å². The van der Waals surface area contributed by atoms with Crippen LogP contribution < -0.4 is 5.32 Å². The molecule has 56 valence electrons. The first-order chi connectivity index (χ1) is 4.20. The SMILES string of the molecule is CCC(NC(C)C)OC. The van der Waals surface area contributed by atoms with E-state index in [0.29, 0.717) is 6.04 Å². The summed E-state index contributed by atoms with van der Waals surface area (Å²) >= 11 is 0. The van der Waals surface area contributed by atoms with E-state index in [0.717, 1.165) is 6.42 Å². The Hall–Kier alpha value is -0.0800. The van der Waals surface area contributed by atoms with Crippen molar-refractivity contribution in [1.29, 1.82) is 0 Å². The number of rotatable bonds is 4. The molecule has 0 aliphatic heterocycles. The molecule has 0 fully saturated rings. The monoisotopic (exact) mass is 131 g/mol. The van der Waals surface area contributed by atoms with Crippen LogP contribution in [0.15, 0.2) is 0 Å². The molecular weight excluding hydrogens is 114 g/mol. The van der Waals surface area contributed by atoms with Crippen LogP contribution in [-0.4, -0.2) is 19.4 Å². The summed E-state index contributed by atoms with van der Waals surface area (Å²) in [7, 11) is 1.73. The third kappa shape index (κ3) is 4.43. The minimum absolute atomic E-state index is 0.227. The molecule has 0 aromatic heterocycles. The highest BCUT2D eigenvalue weighted by Gasteiger charge is 2.02. The predicted molar refractivity (Wildman–Crippen MR) is 39.4 cm³/mol. The summed E-state index contributed by atoms with van der Waals surface area (Å²) in [5, 5.41) is 3.26. The summed E-state index contributed by atoms with van der Waals surface area (Å²) in [6, 6.07) is 0.509. The van der Waals surface area contributed by atoms with Gasteiger partial charge in [0.25, 0.3) is 0 Å². The lowest BCUT2D eigenvalue weighted by atomic mass is 10.3. The van der Waals surface area contributed by atoms with Crippen molar-refractivity contribution in [2.75, 3.05) is 7.11 Å². The molecule has 2 heteroatoms. The normalized spacial score (nSPS) is 14.3. The molecule has 0 aliphatic rings. The van der Waals surface area contributed by atoms with E-state index < -0.39 is 0 Å². The van der Waals surface area contributed by atoms with Gasteiger partial charge in [-0.15, -0.1) is 0 Å². The summed E-state index contributed by atoms with van der Waals surface area (Å²) in [6.45, 7) is 6.33. The second-order valence-corrected chi connectivity index (χ2v) is 2.45. The van der Waals surface area contributed by atoms with Gasteiger partial charge in [-0.2, -0.15) is 0 Å². The van der Waals surface area contributed by atoms with Gasteiger partial charge in [0, 0.05) is 13.2 Å². The van der Waals surface area contributed by atoms with Crippen LogP contribution >= 0.6 is 0 Å². The fourth-order valence-electron chi connectivity index (χ4n) is 0.724. The molecule has 9 heavy (non-hydrogen) atoms. The molecule has 0 bridgehead atoms. The van der Waals surface area contributed by atoms with Gasteiger partial charge in [-0.3, -0.25) is 5.32 Å². The molecule has 0 rings (SSSR count). The second kappa shape index (κ2) is 4.77. The topological polar surface area (TPSA) is 21.3 Å². The highest BCUT2D eigenvalue weighted by Crippen LogP contribution is 1.92. The van der Waals surface area contributed by atoms with Gasteiger partial charge in [0.05, 0.1) is 0 Å². The van der Waals surface area contributed by atoms with E-state index in [1.54, 1.807) is 7.11 Å². The minimum atomic E-state index is 0.227. The van der Waals surface area contributed by atoms with Crippen molar-refractivity contribution in [2.24, 2.45) is 0 Å². The van der Waals surface area contributed by atoms with Gasteiger partial charge < -0.3 is 4.74 Å². The molecule has 0 radical (unpaired) electrons. The molecule has 0 spiro atoms. The maximum absolute atomic E-state index is 5.10. The quantitative estimate of drug-likeness (QED) is 0.582. The van der Waals surface area contributed by atoms with Crippen molar-refractivity contribution >= 4 is 0 Å². The van der Waals surface area contributed by atoms with Crippen LogP contribution in [0.4, 0.5) is 0 Å². The zero-order chi connectivity index (χ0) is 7.28. The van der Waals surface area contributed by atoms with Crippen LogP contribution in [0.25, 0.3) is 0 Å². The maximum Gasteiger partial charge on any atom is 0.107 e. The largest absolute Gasteiger partial charge is 0.367 e. The molecule has 2 nitrogen and oxygen atoms in total. The van der Waals surface area contributed by atoms with Crippen molar-refractivity contribution in [2.45, 2.75) is 39.5 Å². The molecule has 0 aliphatic carbocycles. The van der Waals surface area contributed by atoms with Crippen LogP contribution in [0.3, 0.4) is 0 Å². The van der Waals surface area contributed by atoms with Gasteiger partial charge in [-0.05, 0) is 20.3 Å². The summed E-state index contributed by atoms with van der Waals surface area (Å²) in [5.74, 6) is 0. The average molecular weight is 131 g/mol. The fourth-order valence-corrected chi connectivity index (χ4v) is 0.724. The van der Waals surface area contributed by atoms with Crippen LogP contribution in [-0.2, 0) is 4.74 Å². The average Bonchev–Trinajstić information content (AvgIpc) is 1.82. The summed E-state index contributed by atoms with van der Waals surface area (Å²) in [5.41, 5.74) is 0. The molecule has 0 heterocycles. The van der Waals surface area contributed by atoms with E-state index in [1.807, 2.05) is 0 Å². The van der Waals surface area contributed by atoms with E-state index in [9.17, 15) is 0 Å². The third-order valence-electron chi connectivity index (χ3n) is 1.17. The van der Waals surface area contributed by atoms with Gasteiger partial charge in [0.15, 0.2) is 0 Å². The van der Waals surface area contributed by atoms with Crippen molar-refractivity contribution in [3.63, 3.8) is 0 Å². The zero-order valence-electron chi connectivity index (χ0n) is 6.77. The number of methoxy groups -OCH3 is 1. The van der Waals surface area contributed by atoms with Gasteiger partial charge in [-0.25, -0.2) is 0 Å². The number of nitrogens with one attached hydrogen (secondary N) is 1. The Morgan fingerprint density at radius 3 is 2.11 bits per heavy atom. The van der Waals surface area contributed by atoms with Crippen molar-refractivity contribution in [3.8, 4) is 0 Å². The van der Waals surface area contributed by atoms with E-state index in [2.05, 4.69) is 26.1 Å². The zero-order valence-corrected chi connectivity index (χ0v) is 6.77. The number of ether oxygens (including phenoxy) is 1. The Labute approximate surface area is 57.6 Å². The molecule has 1 unspecified atom stereocenters. The number of hydrogen-bond donors (Lipinski definition) is 1. The highest BCUT2D eigenvalue weighted by molar-refractivity contribution is 4.56. The Balaban J connectivity index is 3.31. The van der Waals surface area contributed by atoms with Crippen molar-refractivity contribution in [1.82, 2.24) is 5.32 Å². The molecule has 0 amide bonds.